The fourth-order valence-electron chi connectivity index (χ4n) is 3.83. The van der Waals surface area contributed by atoms with Crippen molar-refractivity contribution in [3.8, 4) is 5.75 Å². The molecule has 7 nitrogen and oxygen atoms in total. The molecule has 2 aromatic carbocycles. The van der Waals surface area contributed by atoms with Crippen LogP contribution in [0.25, 0.3) is 0 Å². The molecule has 2 heterocycles. The fraction of sp³-hybridized carbons (Fsp3) is 0.304. The van der Waals surface area contributed by atoms with Crippen LogP contribution in [0.15, 0.2) is 70.3 Å². The lowest BCUT2D eigenvalue weighted by Gasteiger charge is -2.34. The molecule has 0 unspecified atom stereocenters. The Kier molecular flexibility index (Phi) is 7.00. The molecule has 1 aromatic heterocycles. The minimum atomic E-state index is -3.54. The van der Waals surface area contributed by atoms with Crippen molar-refractivity contribution in [2.24, 2.45) is 0 Å². The maximum Gasteiger partial charge on any atom is 0.271 e. The highest BCUT2D eigenvalue weighted by Crippen LogP contribution is 2.25. The van der Waals surface area contributed by atoms with Crippen LogP contribution < -0.4 is 14.9 Å². The largest absolute Gasteiger partial charge is 0.508 e. The molecule has 1 saturated heterocycles. The summed E-state index contributed by atoms with van der Waals surface area (Å²) in [4.78, 5) is 2.28. The molecule has 9 heteroatoms. The van der Waals surface area contributed by atoms with Crippen LogP contribution in [-0.2, 0) is 10.0 Å². The second kappa shape index (κ2) is 9.91. The first-order chi connectivity index (χ1) is 15.4. The van der Waals surface area contributed by atoms with Crippen molar-refractivity contribution in [1.82, 2.24) is 5.32 Å². The summed E-state index contributed by atoms with van der Waals surface area (Å²) < 4.78 is 27.6. The van der Waals surface area contributed by atoms with Crippen molar-refractivity contribution in [2.75, 3.05) is 29.3 Å². The summed E-state index contributed by atoms with van der Waals surface area (Å²) in [6, 6.07) is 17.8. The van der Waals surface area contributed by atoms with Crippen molar-refractivity contribution in [3.63, 3.8) is 0 Å². The van der Waals surface area contributed by atoms with E-state index in [0.29, 0.717) is 28.0 Å². The predicted octanol–water partition coefficient (Wildman–Crippen LogP) is 3.55. The molecule has 4 rings (SSSR count). The van der Waals surface area contributed by atoms with Gasteiger partial charge in [0, 0.05) is 37.1 Å². The van der Waals surface area contributed by atoms with E-state index >= 15 is 0 Å². The molecule has 1 aliphatic rings. The van der Waals surface area contributed by atoms with E-state index in [0.717, 1.165) is 31.6 Å². The highest BCUT2D eigenvalue weighted by molar-refractivity contribution is 7.94. The van der Waals surface area contributed by atoms with Crippen LogP contribution in [0.3, 0.4) is 0 Å². The maximum absolute atomic E-state index is 12.4. The minimum Gasteiger partial charge on any atom is -0.508 e. The molecule has 1 fully saturated rings. The predicted molar refractivity (Wildman–Crippen MR) is 128 cm³/mol. The van der Waals surface area contributed by atoms with E-state index in [4.69, 9.17) is 0 Å². The van der Waals surface area contributed by atoms with Crippen LogP contribution in [0.5, 0.6) is 5.75 Å². The van der Waals surface area contributed by atoms with Gasteiger partial charge in [-0.05, 0) is 66.2 Å². The Morgan fingerprint density at radius 1 is 1.06 bits per heavy atom. The molecular formula is C23H27N3O4S2. The smallest absolute Gasteiger partial charge is 0.271 e. The summed E-state index contributed by atoms with van der Waals surface area (Å²) in [5.74, 6) is 0.153. The number of phenolic OH excluding ortho intramolecular Hbond substituents is 1. The Morgan fingerprint density at radius 2 is 1.81 bits per heavy atom. The molecule has 0 amide bonds. The average Bonchev–Trinajstić information content (AvgIpc) is 3.34. The van der Waals surface area contributed by atoms with Gasteiger partial charge in [0.1, 0.15) is 9.96 Å². The number of rotatable bonds is 8. The number of benzene rings is 2. The lowest BCUT2D eigenvalue weighted by molar-refractivity contribution is 0.167. The van der Waals surface area contributed by atoms with Gasteiger partial charge in [0.15, 0.2) is 0 Å². The Hall–Kier alpha value is -2.59. The number of hydrogen-bond donors (Lipinski definition) is 4. The molecule has 4 N–H and O–H groups in total. The zero-order valence-electron chi connectivity index (χ0n) is 17.5. The van der Waals surface area contributed by atoms with Gasteiger partial charge in [-0.15, -0.1) is 11.3 Å². The van der Waals surface area contributed by atoms with Crippen molar-refractivity contribution < 1.29 is 18.6 Å². The summed E-state index contributed by atoms with van der Waals surface area (Å²) in [7, 11) is -3.54. The number of piperidine rings is 1. The first kappa shape index (κ1) is 22.6. The van der Waals surface area contributed by atoms with Gasteiger partial charge >= 0.3 is 0 Å². The Bertz CT molecular complexity index is 1110. The third-order valence-corrected chi connectivity index (χ3v) is 8.37. The quantitative estimate of drug-likeness (QED) is 0.399. The molecule has 3 aromatic rings. The molecule has 0 saturated carbocycles. The first-order valence-electron chi connectivity index (χ1n) is 10.5. The molecule has 1 atom stereocenters. The lowest BCUT2D eigenvalue weighted by atomic mass is 10.0. The fourth-order valence-corrected chi connectivity index (χ4v) is 5.88. The van der Waals surface area contributed by atoms with Crippen molar-refractivity contribution >= 4 is 32.7 Å². The number of aliphatic hydroxyl groups excluding tert-OH is 1. The molecule has 0 radical (unpaired) electrons. The van der Waals surface area contributed by atoms with Crippen LogP contribution in [0.1, 0.15) is 24.5 Å². The highest BCUT2D eigenvalue weighted by atomic mass is 32.2. The van der Waals surface area contributed by atoms with Crippen molar-refractivity contribution in [1.29, 1.82) is 0 Å². The Balaban J connectivity index is 1.26. The standard InChI is InChI=1S/C23H27N3O4S2/c27-21-4-1-3-17(15-21)22(28)16-24-18-10-12-26(13-11-18)20-8-6-19(7-9-20)25-32(29,30)23-5-2-14-31-23/h1-9,14-15,18,22,24-25,27-28H,10-13,16H2/t22-/m0/s1. The van der Waals surface area contributed by atoms with Gasteiger partial charge in [-0.3, -0.25) is 4.72 Å². The summed E-state index contributed by atoms with van der Waals surface area (Å²) in [6.45, 7) is 2.19. The molecule has 32 heavy (non-hydrogen) atoms. The van der Waals surface area contributed by atoms with E-state index in [1.807, 2.05) is 12.1 Å². The normalized spacial score (nSPS) is 16.1. The molecule has 1 aliphatic heterocycles. The number of hydrogen-bond acceptors (Lipinski definition) is 7. The zero-order chi connectivity index (χ0) is 22.6. The van der Waals surface area contributed by atoms with Crippen LogP contribution in [0.4, 0.5) is 11.4 Å². The second-order valence-corrected chi connectivity index (χ2v) is 10.7. The number of aliphatic hydroxyl groups is 1. The Labute approximate surface area is 192 Å². The van der Waals surface area contributed by atoms with E-state index in [-0.39, 0.29) is 5.75 Å². The van der Waals surface area contributed by atoms with Gasteiger partial charge in [-0.1, -0.05) is 18.2 Å². The lowest BCUT2D eigenvalue weighted by Crippen LogP contribution is -2.43. The van der Waals surface area contributed by atoms with Gasteiger partial charge in [-0.2, -0.15) is 0 Å². The molecule has 0 bridgehead atoms. The number of nitrogens with one attached hydrogen (secondary N) is 2. The van der Waals surface area contributed by atoms with E-state index in [1.54, 1.807) is 53.9 Å². The summed E-state index contributed by atoms with van der Waals surface area (Å²) in [5.41, 5.74) is 2.30. The maximum atomic E-state index is 12.4. The van der Waals surface area contributed by atoms with Gasteiger partial charge in [0.25, 0.3) is 10.0 Å². The third-order valence-electron chi connectivity index (χ3n) is 5.59. The molecule has 0 spiro atoms. The van der Waals surface area contributed by atoms with Crippen LogP contribution in [-0.4, -0.2) is 44.3 Å². The van der Waals surface area contributed by atoms with Gasteiger partial charge in [-0.25, -0.2) is 8.42 Å². The third kappa shape index (κ3) is 5.60. The molecule has 0 aliphatic carbocycles. The summed E-state index contributed by atoms with van der Waals surface area (Å²) >= 11 is 1.19. The topological polar surface area (TPSA) is 102 Å². The monoisotopic (exact) mass is 473 g/mol. The molecule has 170 valence electrons. The van der Waals surface area contributed by atoms with Crippen LogP contribution in [0, 0.1) is 0 Å². The number of phenols is 1. The zero-order valence-corrected chi connectivity index (χ0v) is 19.1. The number of nitrogens with zero attached hydrogens (tertiary/aromatic N) is 1. The van der Waals surface area contributed by atoms with E-state index in [1.165, 1.54) is 11.3 Å². The van der Waals surface area contributed by atoms with E-state index < -0.39 is 16.1 Å². The summed E-state index contributed by atoms with van der Waals surface area (Å²) in [5, 5.41) is 25.1. The number of thiophene rings is 1. The average molecular weight is 474 g/mol. The minimum absolute atomic E-state index is 0.153. The van der Waals surface area contributed by atoms with Gasteiger partial charge in [0.05, 0.1) is 6.10 Å². The van der Waals surface area contributed by atoms with Crippen LogP contribution in [0.2, 0.25) is 0 Å². The number of aromatic hydroxyl groups is 1. The summed E-state index contributed by atoms with van der Waals surface area (Å²) in [6.07, 6.45) is 1.23. The van der Waals surface area contributed by atoms with Crippen LogP contribution >= 0.6 is 11.3 Å². The molecular weight excluding hydrogens is 446 g/mol. The van der Waals surface area contributed by atoms with Gasteiger partial charge < -0.3 is 20.4 Å². The van der Waals surface area contributed by atoms with Crippen molar-refractivity contribution in [2.45, 2.75) is 29.2 Å². The number of anilines is 2. The Morgan fingerprint density at radius 3 is 2.47 bits per heavy atom. The van der Waals surface area contributed by atoms with Crippen molar-refractivity contribution in [3.05, 3.63) is 71.6 Å². The first-order valence-corrected chi connectivity index (χ1v) is 12.9. The van der Waals surface area contributed by atoms with Gasteiger partial charge in [0.2, 0.25) is 0 Å². The second-order valence-electron chi connectivity index (χ2n) is 7.86. The van der Waals surface area contributed by atoms with E-state index in [9.17, 15) is 18.6 Å². The van der Waals surface area contributed by atoms with E-state index in [2.05, 4.69) is 14.9 Å². The highest BCUT2D eigenvalue weighted by Gasteiger charge is 2.21. The number of sulfonamides is 1. The SMILES string of the molecule is O=S(=O)(Nc1ccc(N2CCC(NC[C@H](O)c3cccc(O)c3)CC2)cc1)c1cccs1.